The predicted molar refractivity (Wildman–Crippen MR) is 98.7 cm³/mol. The third kappa shape index (κ3) is 5.01. The maximum Gasteiger partial charge on any atom is 0.171 e. The van der Waals surface area contributed by atoms with Gasteiger partial charge < -0.3 is 10.6 Å². The van der Waals surface area contributed by atoms with Crippen molar-refractivity contribution in [3.8, 4) is 0 Å². The number of halogens is 4. The lowest BCUT2D eigenvalue weighted by Gasteiger charge is -2.11. The van der Waals surface area contributed by atoms with E-state index in [1.165, 1.54) is 0 Å². The van der Waals surface area contributed by atoms with Crippen LogP contribution in [-0.2, 0) is 6.54 Å². The first-order chi connectivity index (χ1) is 9.95. The summed E-state index contributed by atoms with van der Waals surface area (Å²) in [6.45, 7) is 0.549. The average molecular weight is 425 g/mol. The Morgan fingerprint density at radius 3 is 2.43 bits per heavy atom. The summed E-state index contributed by atoms with van der Waals surface area (Å²) in [5, 5.41) is 8.33. The van der Waals surface area contributed by atoms with Crippen LogP contribution in [0.25, 0.3) is 0 Å². The van der Waals surface area contributed by atoms with Gasteiger partial charge in [0.25, 0.3) is 0 Å². The number of anilines is 1. The van der Waals surface area contributed by atoms with Crippen LogP contribution in [0.4, 0.5) is 5.69 Å². The molecule has 0 unspecified atom stereocenters. The lowest BCUT2D eigenvalue weighted by Crippen LogP contribution is -2.27. The number of rotatable bonds is 3. The van der Waals surface area contributed by atoms with Gasteiger partial charge >= 0.3 is 0 Å². The maximum atomic E-state index is 6.02. The van der Waals surface area contributed by atoms with Gasteiger partial charge in [-0.3, -0.25) is 0 Å². The first-order valence-corrected chi connectivity index (χ1v) is 8.23. The fourth-order valence-corrected chi connectivity index (χ4v) is 2.52. The summed E-state index contributed by atoms with van der Waals surface area (Å²) < 4.78 is 0.837. The van der Waals surface area contributed by atoms with Crippen LogP contribution in [0.1, 0.15) is 5.56 Å². The molecule has 0 aliphatic heterocycles. The van der Waals surface area contributed by atoms with Gasteiger partial charge in [-0.2, -0.15) is 0 Å². The quantitative estimate of drug-likeness (QED) is 0.600. The van der Waals surface area contributed by atoms with Crippen molar-refractivity contribution in [2.75, 3.05) is 5.32 Å². The fourth-order valence-electron chi connectivity index (χ4n) is 1.58. The van der Waals surface area contributed by atoms with Crippen molar-refractivity contribution in [2.24, 2.45) is 0 Å². The third-order valence-corrected chi connectivity index (χ3v) is 4.83. The number of hydrogen-bond acceptors (Lipinski definition) is 1. The van der Waals surface area contributed by atoms with Gasteiger partial charge in [-0.25, -0.2) is 0 Å². The van der Waals surface area contributed by atoms with E-state index in [1.54, 1.807) is 18.2 Å². The van der Waals surface area contributed by atoms with Crippen LogP contribution in [0, 0.1) is 0 Å². The Labute approximate surface area is 151 Å². The van der Waals surface area contributed by atoms with Crippen LogP contribution in [0.2, 0.25) is 15.1 Å². The third-order valence-electron chi connectivity index (χ3n) is 2.61. The minimum atomic E-state index is 0.500. The summed E-state index contributed by atoms with van der Waals surface area (Å²) in [5.74, 6) is 0. The molecule has 0 radical (unpaired) electrons. The molecule has 0 saturated heterocycles. The molecule has 0 amide bonds. The standard InChI is InChI=1S/C14H10BrCl3N2S/c15-10-3-2-9(6-12(10)17)20-14(21)19-7-8-1-4-11(16)13(18)5-8/h1-6H,7H2,(H2,19,20,21). The first-order valence-electron chi connectivity index (χ1n) is 5.89. The zero-order chi connectivity index (χ0) is 15.4. The molecule has 0 aliphatic rings. The lowest BCUT2D eigenvalue weighted by molar-refractivity contribution is 0.926. The Morgan fingerprint density at radius 1 is 1.00 bits per heavy atom. The molecule has 0 aliphatic carbocycles. The van der Waals surface area contributed by atoms with Gasteiger partial charge in [0.15, 0.2) is 5.11 Å². The van der Waals surface area contributed by atoms with Crippen molar-refractivity contribution in [1.82, 2.24) is 5.32 Å². The van der Waals surface area contributed by atoms with Crippen LogP contribution in [0.5, 0.6) is 0 Å². The van der Waals surface area contributed by atoms with Gasteiger partial charge in [0, 0.05) is 16.7 Å². The topological polar surface area (TPSA) is 24.1 Å². The van der Waals surface area contributed by atoms with Crippen molar-refractivity contribution in [2.45, 2.75) is 6.54 Å². The minimum absolute atomic E-state index is 0.500. The molecular formula is C14H10BrCl3N2S. The fraction of sp³-hybridized carbons (Fsp3) is 0.0714. The van der Waals surface area contributed by atoms with Crippen LogP contribution >= 0.6 is 63.0 Å². The van der Waals surface area contributed by atoms with Gasteiger partial charge in [0.1, 0.15) is 0 Å². The van der Waals surface area contributed by atoms with Crippen molar-refractivity contribution >= 4 is 73.8 Å². The highest BCUT2D eigenvalue weighted by Crippen LogP contribution is 2.25. The van der Waals surface area contributed by atoms with Crippen molar-refractivity contribution in [1.29, 1.82) is 0 Å². The van der Waals surface area contributed by atoms with Gasteiger partial charge in [0.05, 0.1) is 15.1 Å². The van der Waals surface area contributed by atoms with Crippen LogP contribution in [0.15, 0.2) is 40.9 Å². The molecule has 2 nitrogen and oxygen atoms in total. The summed E-state index contributed by atoms with van der Waals surface area (Å²) in [6.07, 6.45) is 0. The molecule has 2 rings (SSSR count). The highest BCUT2D eigenvalue weighted by Gasteiger charge is 2.03. The average Bonchev–Trinajstić information content (AvgIpc) is 2.44. The molecule has 2 aromatic rings. The van der Waals surface area contributed by atoms with E-state index in [1.807, 2.05) is 18.2 Å². The highest BCUT2D eigenvalue weighted by molar-refractivity contribution is 9.10. The van der Waals surface area contributed by atoms with Crippen LogP contribution in [0.3, 0.4) is 0 Å². The largest absolute Gasteiger partial charge is 0.358 e. The molecule has 0 bridgehead atoms. The number of nitrogens with one attached hydrogen (secondary N) is 2. The van der Waals surface area contributed by atoms with E-state index in [9.17, 15) is 0 Å². The van der Waals surface area contributed by atoms with Crippen molar-refractivity contribution in [3.05, 3.63) is 61.5 Å². The predicted octanol–water partition coefficient (Wildman–Crippen LogP) is 5.90. The molecule has 0 spiro atoms. The smallest absolute Gasteiger partial charge is 0.171 e. The molecular weight excluding hydrogens is 414 g/mol. The minimum Gasteiger partial charge on any atom is -0.358 e. The molecule has 2 N–H and O–H groups in total. The maximum absolute atomic E-state index is 6.02. The molecule has 7 heteroatoms. The second-order valence-electron chi connectivity index (χ2n) is 4.19. The second kappa shape index (κ2) is 7.65. The summed E-state index contributed by atoms with van der Waals surface area (Å²) in [5.41, 5.74) is 1.80. The van der Waals surface area contributed by atoms with E-state index in [0.29, 0.717) is 26.7 Å². The van der Waals surface area contributed by atoms with E-state index in [0.717, 1.165) is 15.7 Å². The normalized spacial score (nSPS) is 10.3. The summed E-state index contributed by atoms with van der Waals surface area (Å²) in [4.78, 5) is 0. The van der Waals surface area contributed by atoms with Gasteiger partial charge in [-0.05, 0) is 64.0 Å². The summed E-state index contributed by atoms with van der Waals surface area (Å²) in [6, 6.07) is 11.0. The Hall–Kier alpha value is -0.520. The molecule has 110 valence electrons. The van der Waals surface area contributed by atoms with Crippen molar-refractivity contribution < 1.29 is 0 Å². The molecule has 21 heavy (non-hydrogen) atoms. The second-order valence-corrected chi connectivity index (χ2v) is 6.67. The lowest BCUT2D eigenvalue weighted by atomic mass is 10.2. The Bertz CT molecular complexity index is 679. The van der Waals surface area contributed by atoms with Gasteiger partial charge in [0.2, 0.25) is 0 Å². The van der Waals surface area contributed by atoms with E-state index >= 15 is 0 Å². The van der Waals surface area contributed by atoms with Crippen molar-refractivity contribution in [3.63, 3.8) is 0 Å². The van der Waals surface area contributed by atoms with Gasteiger partial charge in [-0.15, -0.1) is 0 Å². The van der Waals surface area contributed by atoms with Crippen LogP contribution < -0.4 is 10.6 Å². The first kappa shape index (κ1) is 16.8. The zero-order valence-electron chi connectivity index (χ0n) is 10.6. The van der Waals surface area contributed by atoms with Crippen LogP contribution in [-0.4, -0.2) is 5.11 Å². The number of thiocarbonyl (C=S) groups is 1. The highest BCUT2D eigenvalue weighted by atomic mass is 79.9. The van der Waals surface area contributed by atoms with Gasteiger partial charge in [-0.1, -0.05) is 40.9 Å². The summed E-state index contributed by atoms with van der Waals surface area (Å²) in [7, 11) is 0. The zero-order valence-corrected chi connectivity index (χ0v) is 15.3. The number of hydrogen-bond donors (Lipinski definition) is 2. The molecule has 0 fully saturated rings. The molecule has 0 atom stereocenters. The van der Waals surface area contributed by atoms with E-state index in [2.05, 4.69) is 26.6 Å². The summed E-state index contributed by atoms with van der Waals surface area (Å²) >= 11 is 26.4. The SMILES string of the molecule is S=C(NCc1ccc(Cl)c(Cl)c1)Nc1ccc(Br)c(Cl)c1. The Morgan fingerprint density at radius 2 is 1.76 bits per heavy atom. The Kier molecular flexibility index (Phi) is 6.14. The molecule has 0 aromatic heterocycles. The number of benzene rings is 2. The Balaban J connectivity index is 1.92. The molecule has 0 heterocycles. The molecule has 2 aromatic carbocycles. The van der Waals surface area contributed by atoms with E-state index in [4.69, 9.17) is 47.0 Å². The molecule has 0 saturated carbocycles. The van der Waals surface area contributed by atoms with E-state index < -0.39 is 0 Å². The monoisotopic (exact) mass is 422 g/mol. The van der Waals surface area contributed by atoms with E-state index in [-0.39, 0.29) is 0 Å².